The second-order valence-corrected chi connectivity index (χ2v) is 11.3. The smallest absolute Gasteiger partial charge is 0.407 e. The fourth-order valence-electron chi connectivity index (χ4n) is 6.01. The van der Waals surface area contributed by atoms with Crippen LogP contribution in [0.4, 0.5) is 4.79 Å². The molecular formula is C30H40N2O3. The lowest BCUT2D eigenvalue weighted by atomic mass is 9.70. The van der Waals surface area contributed by atoms with Crippen molar-refractivity contribution in [3.63, 3.8) is 0 Å². The third-order valence-corrected chi connectivity index (χ3v) is 8.32. The van der Waals surface area contributed by atoms with Gasteiger partial charge in [-0.05, 0) is 90.9 Å². The molecule has 3 aliphatic heterocycles. The van der Waals surface area contributed by atoms with Gasteiger partial charge in [0.2, 0.25) is 0 Å². The number of unbranched alkanes of at least 4 members (excludes halogenated alkanes) is 1. The molecule has 4 aliphatic rings. The maximum absolute atomic E-state index is 13.0. The van der Waals surface area contributed by atoms with Crippen molar-refractivity contribution in [2.75, 3.05) is 26.2 Å². The Balaban J connectivity index is 1.31. The summed E-state index contributed by atoms with van der Waals surface area (Å²) in [6.07, 6.45) is 6.27. The van der Waals surface area contributed by atoms with Gasteiger partial charge < -0.3 is 14.8 Å². The lowest BCUT2D eigenvalue weighted by Crippen LogP contribution is -2.53. The van der Waals surface area contributed by atoms with Crippen LogP contribution >= 0.6 is 0 Å². The number of rotatable bonds is 7. The second-order valence-electron chi connectivity index (χ2n) is 11.3. The average Bonchev–Trinajstić information content (AvgIpc) is 2.87. The lowest BCUT2D eigenvalue weighted by molar-refractivity contribution is -0.0353. The van der Waals surface area contributed by atoms with Gasteiger partial charge in [0, 0.05) is 6.54 Å². The Bertz CT molecular complexity index is 1040. The Labute approximate surface area is 210 Å². The SMILES string of the molecule is CCCCOc1cccc(-c2ccc3c(c2)CCC(C)(C)[C@H]3NC(=O)O[C@H]2CN3CCC2CC3)c1. The van der Waals surface area contributed by atoms with Crippen molar-refractivity contribution in [1.29, 1.82) is 0 Å². The van der Waals surface area contributed by atoms with Crippen LogP contribution in [-0.4, -0.2) is 43.3 Å². The average molecular weight is 477 g/mol. The summed E-state index contributed by atoms with van der Waals surface area (Å²) in [5, 5.41) is 3.27. The van der Waals surface area contributed by atoms with Crippen molar-refractivity contribution in [2.45, 2.75) is 71.4 Å². The minimum atomic E-state index is -0.268. The third-order valence-electron chi connectivity index (χ3n) is 8.32. The number of benzene rings is 2. The summed E-state index contributed by atoms with van der Waals surface area (Å²) in [5.74, 6) is 1.44. The molecule has 3 saturated heterocycles. The normalized spacial score (nSPS) is 26.6. The molecule has 0 unspecified atom stereocenters. The van der Waals surface area contributed by atoms with Gasteiger partial charge in [-0.1, -0.05) is 57.5 Å². The predicted octanol–water partition coefficient (Wildman–Crippen LogP) is 6.37. The highest BCUT2D eigenvalue weighted by Crippen LogP contribution is 2.44. The minimum Gasteiger partial charge on any atom is -0.494 e. The van der Waals surface area contributed by atoms with Crippen LogP contribution in [0.3, 0.4) is 0 Å². The Morgan fingerprint density at radius 3 is 2.66 bits per heavy atom. The molecule has 6 rings (SSSR count). The molecule has 1 N–H and O–H groups in total. The molecule has 3 fully saturated rings. The Morgan fingerprint density at radius 1 is 1.11 bits per heavy atom. The van der Waals surface area contributed by atoms with Crippen LogP contribution in [0.15, 0.2) is 42.5 Å². The Morgan fingerprint density at radius 2 is 1.91 bits per heavy atom. The Hall–Kier alpha value is -2.53. The number of piperidine rings is 3. The quantitative estimate of drug-likeness (QED) is 0.472. The van der Waals surface area contributed by atoms with E-state index in [1.807, 2.05) is 6.07 Å². The lowest BCUT2D eigenvalue weighted by Gasteiger charge is -2.44. The number of aryl methyl sites for hydroxylation is 1. The largest absolute Gasteiger partial charge is 0.494 e. The molecular weight excluding hydrogens is 436 g/mol. The van der Waals surface area contributed by atoms with Gasteiger partial charge in [0.15, 0.2) is 0 Å². The van der Waals surface area contributed by atoms with Crippen LogP contribution in [0.25, 0.3) is 11.1 Å². The first-order chi connectivity index (χ1) is 16.9. The summed E-state index contributed by atoms with van der Waals surface area (Å²) in [6.45, 7) is 10.6. The maximum atomic E-state index is 13.0. The van der Waals surface area contributed by atoms with Crippen molar-refractivity contribution < 1.29 is 14.3 Å². The van der Waals surface area contributed by atoms with Crippen LogP contribution in [0.5, 0.6) is 5.75 Å². The van der Waals surface area contributed by atoms with Crippen molar-refractivity contribution in [2.24, 2.45) is 11.3 Å². The topological polar surface area (TPSA) is 50.8 Å². The maximum Gasteiger partial charge on any atom is 0.407 e. The zero-order chi connectivity index (χ0) is 24.4. The van der Waals surface area contributed by atoms with E-state index in [1.54, 1.807) is 0 Å². The van der Waals surface area contributed by atoms with Gasteiger partial charge in [-0.3, -0.25) is 4.90 Å². The van der Waals surface area contributed by atoms with E-state index in [4.69, 9.17) is 9.47 Å². The van der Waals surface area contributed by atoms with E-state index >= 15 is 0 Å². The van der Waals surface area contributed by atoms with E-state index < -0.39 is 0 Å². The van der Waals surface area contributed by atoms with Crippen LogP contribution < -0.4 is 10.1 Å². The first kappa shape index (κ1) is 24.2. The van der Waals surface area contributed by atoms with E-state index in [9.17, 15) is 4.79 Å². The summed E-state index contributed by atoms with van der Waals surface area (Å²) in [5.41, 5.74) is 4.85. The van der Waals surface area contributed by atoms with Crippen LogP contribution in [0.1, 0.15) is 70.0 Å². The monoisotopic (exact) mass is 476 g/mol. The van der Waals surface area contributed by atoms with Crippen LogP contribution in [0.2, 0.25) is 0 Å². The van der Waals surface area contributed by atoms with Crippen molar-refractivity contribution in [3.8, 4) is 16.9 Å². The van der Waals surface area contributed by atoms with Gasteiger partial charge in [0.25, 0.3) is 0 Å². The summed E-state index contributed by atoms with van der Waals surface area (Å²) >= 11 is 0. The number of carbonyl (C=O) groups is 1. The second kappa shape index (κ2) is 10.2. The molecule has 0 saturated carbocycles. The fourth-order valence-corrected chi connectivity index (χ4v) is 6.01. The number of hydrogen-bond acceptors (Lipinski definition) is 4. The molecule has 3 heterocycles. The highest BCUT2D eigenvalue weighted by atomic mass is 16.6. The molecule has 2 bridgehead atoms. The van der Waals surface area contributed by atoms with Crippen LogP contribution in [0, 0.1) is 11.3 Å². The first-order valence-electron chi connectivity index (χ1n) is 13.5. The molecule has 35 heavy (non-hydrogen) atoms. The standard InChI is InChI=1S/C30H40N2O3/c1-4-5-17-34-25-8-6-7-22(19-25)23-9-10-26-24(18-23)11-14-30(2,3)28(26)31-29(33)35-27-20-32-15-12-21(27)13-16-32/h6-10,18-19,21,27-28H,4-5,11-17,20H2,1-3H3,(H,31,33)/t27-,28-/m0/s1. The van der Waals surface area contributed by atoms with Gasteiger partial charge in [-0.2, -0.15) is 0 Å². The van der Waals surface area contributed by atoms with Gasteiger partial charge in [0.05, 0.1) is 12.6 Å². The molecule has 0 spiro atoms. The molecule has 1 amide bonds. The van der Waals surface area contributed by atoms with Gasteiger partial charge in [0.1, 0.15) is 11.9 Å². The van der Waals surface area contributed by atoms with Gasteiger partial charge in [-0.25, -0.2) is 4.79 Å². The van der Waals surface area contributed by atoms with Crippen LogP contribution in [-0.2, 0) is 11.2 Å². The predicted molar refractivity (Wildman–Crippen MR) is 140 cm³/mol. The summed E-state index contributed by atoms with van der Waals surface area (Å²) in [6, 6.07) is 15.0. The summed E-state index contributed by atoms with van der Waals surface area (Å²) < 4.78 is 11.9. The van der Waals surface area contributed by atoms with Crippen molar-refractivity contribution in [1.82, 2.24) is 10.2 Å². The number of nitrogens with zero attached hydrogens (tertiary/aromatic N) is 1. The molecule has 0 aromatic heterocycles. The van der Waals surface area contributed by atoms with Crippen molar-refractivity contribution in [3.05, 3.63) is 53.6 Å². The molecule has 1 aliphatic carbocycles. The number of amides is 1. The van der Waals surface area contributed by atoms with Gasteiger partial charge in [-0.15, -0.1) is 0 Å². The highest BCUT2D eigenvalue weighted by molar-refractivity contribution is 5.70. The molecule has 2 aromatic carbocycles. The highest BCUT2D eigenvalue weighted by Gasteiger charge is 2.40. The first-order valence-corrected chi connectivity index (χ1v) is 13.5. The van der Waals surface area contributed by atoms with E-state index in [0.29, 0.717) is 5.92 Å². The number of fused-ring (bicyclic) bond motifs is 4. The molecule has 2 aromatic rings. The molecule has 2 atom stereocenters. The zero-order valence-electron chi connectivity index (χ0n) is 21.5. The van der Waals surface area contributed by atoms with E-state index in [1.165, 1.54) is 16.7 Å². The summed E-state index contributed by atoms with van der Waals surface area (Å²) in [7, 11) is 0. The van der Waals surface area contributed by atoms with E-state index in [0.717, 1.165) is 76.1 Å². The molecule has 188 valence electrons. The Kier molecular flexibility index (Phi) is 7.06. The number of alkyl carbamates (subject to hydrolysis) is 1. The minimum absolute atomic E-state index is 0.0258. The van der Waals surface area contributed by atoms with E-state index in [2.05, 4.69) is 67.4 Å². The third kappa shape index (κ3) is 5.35. The molecule has 5 nitrogen and oxygen atoms in total. The number of hydrogen-bond donors (Lipinski definition) is 1. The number of ether oxygens (including phenoxy) is 2. The number of nitrogens with one attached hydrogen (secondary N) is 1. The zero-order valence-corrected chi connectivity index (χ0v) is 21.5. The van der Waals surface area contributed by atoms with Crippen molar-refractivity contribution >= 4 is 6.09 Å². The number of carbonyl (C=O) groups excluding carboxylic acids is 1. The summed E-state index contributed by atoms with van der Waals surface area (Å²) in [4.78, 5) is 15.4. The fraction of sp³-hybridized carbons (Fsp3) is 0.567. The van der Waals surface area contributed by atoms with E-state index in [-0.39, 0.29) is 23.7 Å². The van der Waals surface area contributed by atoms with Gasteiger partial charge >= 0.3 is 6.09 Å². The molecule has 0 radical (unpaired) electrons. The molecule has 5 heteroatoms.